The van der Waals surface area contributed by atoms with Crippen molar-refractivity contribution in [1.82, 2.24) is 0 Å². The van der Waals surface area contributed by atoms with E-state index in [1.807, 2.05) is 24.3 Å². The van der Waals surface area contributed by atoms with Gasteiger partial charge in [-0.25, -0.2) is 4.39 Å². The summed E-state index contributed by atoms with van der Waals surface area (Å²) in [4.78, 5) is 22.9. The predicted molar refractivity (Wildman–Crippen MR) is 81.6 cm³/mol. The van der Waals surface area contributed by atoms with Crippen molar-refractivity contribution in [3.63, 3.8) is 0 Å². The summed E-state index contributed by atoms with van der Waals surface area (Å²) in [5.41, 5.74) is -0.00258. The number of nitroso groups, excluding NO2 is 1. The van der Waals surface area contributed by atoms with Gasteiger partial charge < -0.3 is 5.32 Å². The molecule has 1 N–H and O–H groups in total. The van der Waals surface area contributed by atoms with E-state index in [0.29, 0.717) is 4.88 Å². The van der Waals surface area contributed by atoms with Crippen LogP contribution in [-0.4, -0.2) is 5.91 Å². The van der Waals surface area contributed by atoms with Crippen molar-refractivity contribution in [2.24, 2.45) is 5.18 Å². The van der Waals surface area contributed by atoms with Crippen LogP contribution in [0.15, 0.2) is 53.7 Å². The Hall–Kier alpha value is -2.60. The molecule has 0 aliphatic rings. The summed E-state index contributed by atoms with van der Waals surface area (Å²) in [7, 11) is 0. The van der Waals surface area contributed by atoms with Crippen LogP contribution in [0.4, 0.5) is 15.8 Å². The monoisotopic (exact) mass is 300 g/mol. The van der Waals surface area contributed by atoms with E-state index in [2.05, 4.69) is 10.5 Å². The lowest BCUT2D eigenvalue weighted by molar-refractivity contribution is 0.103. The number of nitrogens with one attached hydrogen (secondary N) is 1. The Bertz CT molecular complexity index is 812. The van der Waals surface area contributed by atoms with Gasteiger partial charge in [-0.1, -0.05) is 18.2 Å². The molecule has 0 radical (unpaired) electrons. The average Bonchev–Trinajstić information content (AvgIpc) is 2.93. The van der Waals surface area contributed by atoms with Crippen LogP contribution >= 0.6 is 11.3 Å². The number of anilines is 1. The van der Waals surface area contributed by atoms with E-state index in [1.165, 1.54) is 23.5 Å². The number of nitrogens with zero attached hydrogens (tertiary/aromatic N) is 1. The second-order valence-corrected chi connectivity index (χ2v) is 5.44. The molecular weight excluding hydrogens is 291 g/mol. The molecule has 0 saturated carbocycles. The zero-order valence-electron chi connectivity index (χ0n) is 10.7. The standard InChI is InChI=1S/C15H9FN2O2S/c16-11-8-10(18-20)5-6-12(11)17-15(19)14-7-9-3-1-2-4-13(9)21-14/h1-8H,(H,17,19). The van der Waals surface area contributed by atoms with E-state index in [1.54, 1.807) is 6.07 Å². The maximum atomic E-state index is 13.7. The van der Waals surface area contributed by atoms with Gasteiger partial charge in [0, 0.05) is 10.8 Å². The molecule has 0 spiro atoms. The Kier molecular flexibility index (Phi) is 3.45. The molecule has 0 bridgehead atoms. The van der Waals surface area contributed by atoms with Gasteiger partial charge in [0.2, 0.25) is 0 Å². The van der Waals surface area contributed by atoms with Crippen LogP contribution in [0.1, 0.15) is 9.67 Å². The highest BCUT2D eigenvalue weighted by molar-refractivity contribution is 7.20. The fraction of sp³-hybridized carbons (Fsp3) is 0. The fourth-order valence-electron chi connectivity index (χ4n) is 1.94. The molecule has 0 unspecified atom stereocenters. The Morgan fingerprint density at radius 2 is 1.95 bits per heavy atom. The van der Waals surface area contributed by atoms with Gasteiger partial charge in [-0.15, -0.1) is 16.2 Å². The first-order chi connectivity index (χ1) is 10.2. The van der Waals surface area contributed by atoms with E-state index in [4.69, 9.17) is 0 Å². The van der Waals surface area contributed by atoms with Gasteiger partial charge >= 0.3 is 0 Å². The number of thiophene rings is 1. The number of fused-ring (bicyclic) bond motifs is 1. The fourth-order valence-corrected chi connectivity index (χ4v) is 2.90. The summed E-state index contributed by atoms with van der Waals surface area (Å²) in [6.07, 6.45) is 0. The Morgan fingerprint density at radius 3 is 2.67 bits per heavy atom. The zero-order chi connectivity index (χ0) is 14.8. The van der Waals surface area contributed by atoms with Crippen molar-refractivity contribution in [2.45, 2.75) is 0 Å². The van der Waals surface area contributed by atoms with Crippen LogP contribution in [-0.2, 0) is 0 Å². The number of rotatable bonds is 3. The molecule has 0 aliphatic heterocycles. The van der Waals surface area contributed by atoms with Crippen LogP contribution in [0.3, 0.4) is 0 Å². The molecule has 0 aliphatic carbocycles. The van der Waals surface area contributed by atoms with Crippen LogP contribution in [0.25, 0.3) is 10.1 Å². The molecule has 6 heteroatoms. The van der Waals surface area contributed by atoms with Crippen molar-refractivity contribution in [1.29, 1.82) is 0 Å². The second kappa shape index (κ2) is 5.41. The molecular formula is C15H9FN2O2S. The predicted octanol–water partition coefficient (Wildman–Crippen LogP) is 4.69. The van der Waals surface area contributed by atoms with Gasteiger partial charge in [-0.05, 0) is 34.8 Å². The maximum absolute atomic E-state index is 13.7. The Labute approximate surface area is 123 Å². The smallest absolute Gasteiger partial charge is 0.265 e. The first-order valence-corrected chi connectivity index (χ1v) is 6.92. The van der Waals surface area contributed by atoms with Gasteiger partial charge in [-0.3, -0.25) is 4.79 Å². The quantitative estimate of drug-likeness (QED) is 0.713. The lowest BCUT2D eigenvalue weighted by atomic mass is 10.2. The Morgan fingerprint density at radius 1 is 1.14 bits per heavy atom. The number of carbonyl (C=O) groups excluding carboxylic acids is 1. The minimum absolute atomic E-state index is 0.0184. The van der Waals surface area contributed by atoms with Gasteiger partial charge in [0.05, 0.1) is 10.6 Å². The van der Waals surface area contributed by atoms with Crippen LogP contribution in [0, 0.1) is 10.7 Å². The van der Waals surface area contributed by atoms with E-state index < -0.39 is 5.82 Å². The van der Waals surface area contributed by atoms with E-state index in [0.717, 1.165) is 16.2 Å². The molecule has 2 aromatic carbocycles. The molecule has 0 fully saturated rings. The number of hydrogen-bond donors (Lipinski definition) is 1. The topological polar surface area (TPSA) is 58.5 Å². The lowest BCUT2D eigenvalue weighted by Gasteiger charge is -2.04. The second-order valence-electron chi connectivity index (χ2n) is 4.36. The molecule has 0 saturated heterocycles. The van der Waals surface area contributed by atoms with Crippen molar-refractivity contribution >= 4 is 38.7 Å². The first-order valence-electron chi connectivity index (χ1n) is 6.10. The summed E-state index contributed by atoms with van der Waals surface area (Å²) in [5.74, 6) is -1.08. The summed E-state index contributed by atoms with van der Waals surface area (Å²) < 4.78 is 14.7. The molecule has 3 aromatic rings. The largest absolute Gasteiger partial charge is 0.319 e. The van der Waals surface area contributed by atoms with E-state index in [-0.39, 0.29) is 17.3 Å². The third-order valence-electron chi connectivity index (χ3n) is 2.96. The molecule has 1 amide bonds. The zero-order valence-corrected chi connectivity index (χ0v) is 11.5. The van der Waals surface area contributed by atoms with Gasteiger partial charge in [0.1, 0.15) is 11.5 Å². The first kappa shape index (κ1) is 13.4. The summed E-state index contributed by atoms with van der Waals surface area (Å²) in [6.45, 7) is 0. The molecule has 0 atom stereocenters. The molecule has 4 nitrogen and oxygen atoms in total. The number of hydrogen-bond acceptors (Lipinski definition) is 4. The van der Waals surface area contributed by atoms with Crippen molar-refractivity contribution < 1.29 is 9.18 Å². The highest BCUT2D eigenvalue weighted by atomic mass is 32.1. The van der Waals surface area contributed by atoms with Crippen LogP contribution in [0.5, 0.6) is 0 Å². The SMILES string of the molecule is O=Nc1ccc(NC(=O)c2cc3ccccc3s2)c(F)c1. The molecule has 1 aromatic heterocycles. The van der Waals surface area contributed by atoms with Crippen LogP contribution in [0.2, 0.25) is 0 Å². The Balaban J connectivity index is 1.87. The van der Waals surface area contributed by atoms with Crippen molar-refractivity contribution in [3.8, 4) is 0 Å². The summed E-state index contributed by atoms with van der Waals surface area (Å²) in [6, 6.07) is 13.0. The number of carbonyl (C=O) groups is 1. The minimum Gasteiger partial charge on any atom is -0.319 e. The van der Waals surface area contributed by atoms with E-state index in [9.17, 15) is 14.1 Å². The normalized spacial score (nSPS) is 10.5. The van der Waals surface area contributed by atoms with Crippen LogP contribution < -0.4 is 5.32 Å². The summed E-state index contributed by atoms with van der Waals surface area (Å²) >= 11 is 1.34. The number of amides is 1. The van der Waals surface area contributed by atoms with Gasteiger partial charge in [0.25, 0.3) is 5.91 Å². The lowest BCUT2D eigenvalue weighted by Crippen LogP contribution is -2.11. The molecule has 1 heterocycles. The van der Waals surface area contributed by atoms with Crippen molar-refractivity contribution in [2.75, 3.05) is 5.32 Å². The number of halogens is 1. The third kappa shape index (κ3) is 2.66. The third-order valence-corrected chi connectivity index (χ3v) is 4.07. The highest BCUT2D eigenvalue weighted by Crippen LogP contribution is 2.27. The molecule has 104 valence electrons. The highest BCUT2D eigenvalue weighted by Gasteiger charge is 2.13. The maximum Gasteiger partial charge on any atom is 0.265 e. The van der Waals surface area contributed by atoms with Gasteiger partial charge in [-0.2, -0.15) is 0 Å². The minimum atomic E-state index is -0.693. The van der Waals surface area contributed by atoms with Gasteiger partial charge in [0.15, 0.2) is 0 Å². The van der Waals surface area contributed by atoms with E-state index >= 15 is 0 Å². The van der Waals surface area contributed by atoms with Crippen molar-refractivity contribution in [3.05, 3.63) is 64.1 Å². The molecule has 21 heavy (non-hydrogen) atoms. The average molecular weight is 300 g/mol. The summed E-state index contributed by atoms with van der Waals surface area (Å²) in [5, 5.41) is 6.10. The number of benzene rings is 2. The molecule has 3 rings (SSSR count).